The summed E-state index contributed by atoms with van der Waals surface area (Å²) in [6.45, 7) is 3.76. The number of phenolic OH excluding ortho intramolecular Hbond substituents is 1. The van der Waals surface area contributed by atoms with Gasteiger partial charge in [-0.05, 0) is 37.4 Å². The quantitative estimate of drug-likeness (QED) is 0.775. The van der Waals surface area contributed by atoms with Crippen LogP contribution >= 0.6 is 0 Å². The SMILES string of the molecule is CCC1CCCNC1CNC(=O)c1cccc(OC)c1O. The maximum atomic E-state index is 12.2. The zero-order chi connectivity index (χ0) is 15.2. The number of nitrogens with one attached hydrogen (secondary N) is 2. The summed E-state index contributed by atoms with van der Waals surface area (Å²) in [6, 6.07) is 5.22. The zero-order valence-electron chi connectivity index (χ0n) is 12.7. The van der Waals surface area contributed by atoms with Crippen LogP contribution in [0.25, 0.3) is 0 Å². The molecule has 1 aromatic rings. The van der Waals surface area contributed by atoms with Crippen LogP contribution in [-0.2, 0) is 0 Å². The first-order valence-corrected chi connectivity index (χ1v) is 7.55. The maximum absolute atomic E-state index is 12.2. The molecule has 2 atom stereocenters. The number of phenols is 1. The molecule has 116 valence electrons. The Morgan fingerprint density at radius 1 is 1.52 bits per heavy atom. The molecule has 5 heteroatoms. The lowest BCUT2D eigenvalue weighted by molar-refractivity contribution is 0.0939. The fraction of sp³-hybridized carbons (Fsp3) is 0.562. The lowest BCUT2D eigenvalue weighted by Gasteiger charge is -2.32. The van der Waals surface area contributed by atoms with Gasteiger partial charge in [0.15, 0.2) is 11.5 Å². The van der Waals surface area contributed by atoms with Gasteiger partial charge in [-0.15, -0.1) is 0 Å². The first-order valence-electron chi connectivity index (χ1n) is 7.55. The Morgan fingerprint density at radius 3 is 3.05 bits per heavy atom. The highest BCUT2D eigenvalue weighted by atomic mass is 16.5. The Morgan fingerprint density at radius 2 is 2.33 bits per heavy atom. The second-order valence-corrected chi connectivity index (χ2v) is 5.44. The molecule has 1 amide bonds. The number of hydrogen-bond donors (Lipinski definition) is 3. The van der Waals surface area contributed by atoms with Crippen molar-refractivity contribution in [2.75, 3.05) is 20.2 Å². The first kappa shape index (κ1) is 15.6. The van der Waals surface area contributed by atoms with E-state index in [0.717, 1.165) is 13.0 Å². The van der Waals surface area contributed by atoms with Crippen LogP contribution in [0.5, 0.6) is 11.5 Å². The van der Waals surface area contributed by atoms with Gasteiger partial charge >= 0.3 is 0 Å². The lowest BCUT2D eigenvalue weighted by Crippen LogP contribution is -2.48. The lowest BCUT2D eigenvalue weighted by atomic mass is 9.88. The number of rotatable bonds is 5. The van der Waals surface area contributed by atoms with Crippen molar-refractivity contribution >= 4 is 5.91 Å². The molecule has 21 heavy (non-hydrogen) atoms. The highest BCUT2D eigenvalue weighted by molar-refractivity contribution is 5.97. The third-order valence-electron chi connectivity index (χ3n) is 4.20. The van der Waals surface area contributed by atoms with E-state index in [4.69, 9.17) is 4.74 Å². The fourth-order valence-electron chi connectivity index (χ4n) is 2.92. The standard InChI is InChI=1S/C16H24N2O3/c1-3-11-6-5-9-17-13(11)10-18-16(20)12-7-4-8-14(21-2)15(12)19/h4,7-8,11,13,17,19H,3,5-6,9-10H2,1-2H3,(H,18,20). The number of para-hydroxylation sites is 1. The summed E-state index contributed by atoms with van der Waals surface area (Å²) in [6.07, 6.45) is 3.51. The van der Waals surface area contributed by atoms with E-state index in [1.54, 1.807) is 18.2 Å². The fourth-order valence-corrected chi connectivity index (χ4v) is 2.92. The van der Waals surface area contributed by atoms with Crippen molar-refractivity contribution in [3.8, 4) is 11.5 Å². The normalized spacial score (nSPS) is 21.8. The molecule has 1 aliphatic heterocycles. The highest BCUT2D eigenvalue weighted by Gasteiger charge is 2.24. The minimum atomic E-state index is -0.270. The van der Waals surface area contributed by atoms with E-state index in [2.05, 4.69) is 17.6 Å². The van der Waals surface area contributed by atoms with Crippen LogP contribution in [0.4, 0.5) is 0 Å². The highest BCUT2D eigenvalue weighted by Crippen LogP contribution is 2.29. The van der Waals surface area contributed by atoms with Gasteiger partial charge in [0.2, 0.25) is 0 Å². The number of carbonyl (C=O) groups excluding carboxylic acids is 1. The number of amides is 1. The van der Waals surface area contributed by atoms with E-state index >= 15 is 0 Å². The van der Waals surface area contributed by atoms with Crippen LogP contribution in [0.15, 0.2) is 18.2 Å². The van der Waals surface area contributed by atoms with E-state index in [9.17, 15) is 9.90 Å². The van der Waals surface area contributed by atoms with Crippen LogP contribution in [0.1, 0.15) is 36.5 Å². The molecular formula is C16H24N2O3. The van der Waals surface area contributed by atoms with Crippen molar-refractivity contribution in [3.05, 3.63) is 23.8 Å². The third-order valence-corrected chi connectivity index (χ3v) is 4.20. The van der Waals surface area contributed by atoms with Crippen LogP contribution in [0, 0.1) is 5.92 Å². The average Bonchev–Trinajstić information content (AvgIpc) is 2.53. The van der Waals surface area contributed by atoms with E-state index < -0.39 is 0 Å². The summed E-state index contributed by atoms with van der Waals surface area (Å²) < 4.78 is 5.02. The van der Waals surface area contributed by atoms with Gasteiger partial charge in [-0.25, -0.2) is 0 Å². The van der Waals surface area contributed by atoms with Gasteiger partial charge in [-0.3, -0.25) is 4.79 Å². The first-order chi connectivity index (χ1) is 10.2. The van der Waals surface area contributed by atoms with Crippen molar-refractivity contribution in [2.24, 2.45) is 5.92 Å². The number of methoxy groups -OCH3 is 1. The summed E-state index contributed by atoms with van der Waals surface area (Å²) in [5, 5.41) is 16.4. The molecule has 2 unspecified atom stereocenters. The predicted octanol–water partition coefficient (Wildman–Crippen LogP) is 1.91. The van der Waals surface area contributed by atoms with Crippen LogP contribution in [0.2, 0.25) is 0 Å². The average molecular weight is 292 g/mol. The third kappa shape index (κ3) is 3.67. The van der Waals surface area contributed by atoms with Crippen molar-refractivity contribution in [2.45, 2.75) is 32.2 Å². The smallest absolute Gasteiger partial charge is 0.255 e. The Bertz CT molecular complexity index is 490. The van der Waals surface area contributed by atoms with Gasteiger partial charge in [0.25, 0.3) is 5.91 Å². The molecule has 2 rings (SSSR count). The summed E-state index contributed by atoms with van der Waals surface area (Å²) in [7, 11) is 1.47. The van der Waals surface area contributed by atoms with Gasteiger partial charge in [-0.1, -0.05) is 19.4 Å². The number of benzene rings is 1. The predicted molar refractivity (Wildman–Crippen MR) is 81.8 cm³/mol. The number of piperidine rings is 1. The topological polar surface area (TPSA) is 70.6 Å². The molecular weight excluding hydrogens is 268 g/mol. The molecule has 0 aliphatic carbocycles. The molecule has 1 fully saturated rings. The molecule has 1 heterocycles. The molecule has 0 bridgehead atoms. The van der Waals surface area contributed by atoms with Gasteiger partial charge in [0.1, 0.15) is 0 Å². The molecule has 3 N–H and O–H groups in total. The Balaban J connectivity index is 1.98. The second-order valence-electron chi connectivity index (χ2n) is 5.44. The van der Waals surface area contributed by atoms with Crippen molar-refractivity contribution in [1.82, 2.24) is 10.6 Å². The molecule has 1 aliphatic rings. The van der Waals surface area contributed by atoms with Crippen LogP contribution in [-0.4, -0.2) is 37.3 Å². The Hall–Kier alpha value is -1.75. The van der Waals surface area contributed by atoms with Gasteiger partial charge in [-0.2, -0.15) is 0 Å². The maximum Gasteiger partial charge on any atom is 0.255 e. The number of carbonyl (C=O) groups is 1. The van der Waals surface area contributed by atoms with Crippen LogP contribution < -0.4 is 15.4 Å². The second kappa shape index (κ2) is 7.31. The zero-order valence-corrected chi connectivity index (χ0v) is 12.7. The summed E-state index contributed by atoms with van der Waals surface area (Å²) >= 11 is 0. The number of hydrogen-bond acceptors (Lipinski definition) is 4. The molecule has 0 spiro atoms. The molecule has 0 radical (unpaired) electrons. The van der Waals surface area contributed by atoms with Crippen molar-refractivity contribution in [1.29, 1.82) is 0 Å². The van der Waals surface area contributed by atoms with Gasteiger partial charge in [0.05, 0.1) is 12.7 Å². The summed E-state index contributed by atoms with van der Waals surface area (Å²) in [4.78, 5) is 12.2. The van der Waals surface area contributed by atoms with Gasteiger partial charge < -0.3 is 20.5 Å². The minimum absolute atomic E-state index is 0.110. The largest absolute Gasteiger partial charge is 0.504 e. The Kier molecular flexibility index (Phi) is 5.44. The van der Waals surface area contributed by atoms with E-state index in [1.807, 2.05) is 0 Å². The minimum Gasteiger partial charge on any atom is -0.504 e. The van der Waals surface area contributed by atoms with Crippen molar-refractivity contribution in [3.63, 3.8) is 0 Å². The van der Waals surface area contributed by atoms with E-state index in [-0.39, 0.29) is 17.2 Å². The molecule has 1 saturated heterocycles. The molecule has 1 aromatic carbocycles. The number of ether oxygens (including phenoxy) is 1. The van der Waals surface area contributed by atoms with E-state index in [1.165, 1.54) is 20.0 Å². The monoisotopic (exact) mass is 292 g/mol. The molecule has 5 nitrogen and oxygen atoms in total. The molecule has 0 saturated carbocycles. The summed E-state index contributed by atoms with van der Waals surface area (Å²) in [5.41, 5.74) is 0.248. The summed E-state index contributed by atoms with van der Waals surface area (Å²) in [5.74, 6) is 0.526. The van der Waals surface area contributed by atoms with Gasteiger partial charge in [0, 0.05) is 12.6 Å². The van der Waals surface area contributed by atoms with Crippen LogP contribution in [0.3, 0.4) is 0 Å². The number of aromatic hydroxyl groups is 1. The Labute approximate surface area is 125 Å². The van der Waals surface area contributed by atoms with Crippen molar-refractivity contribution < 1.29 is 14.6 Å². The molecule has 0 aromatic heterocycles. The van der Waals surface area contributed by atoms with E-state index in [0.29, 0.717) is 24.3 Å².